The molecule has 0 radical (unpaired) electrons. The Morgan fingerprint density at radius 1 is 0.923 bits per heavy atom. The summed E-state index contributed by atoms with van der Waals surface area (Å²) in [6.07, 6.45) is 0.808. The molecule has 0 aliphatic heterocycles. The van der Waals surface area contributed by atoms with Crippen LogP contribution in [-0.2, 0) is 6.42 Å². The first kappa shape index (κ1) is 18.3. The van der Waals surface area contributed by atoms with Gasteiger partial charge in [-0.05, 0) is 42.3 Å². The first-order valence-corrected chi connectivity index (χ1v) is 7.83. The molecule has 126 valence electrons. The number of rotatable bonds is 5. The molecule has 2 aromatic rings. The number of carbonyl (C=O) groups is 1. The van der Waals surface area contributed by atoms with Crippen LogP contribution in [0.2, 0.25) is 0 Å². The number of hydrogen-bond acceptors (Lipinski definition) is 5. The van der Waals surface area contributed by atoms with Gasteiger partial charge < -0.3 is 10.6 Å². The van der Waals surface area contributed by atoms with Crippen molar-refractivity contribution < 1.29 is 4.79 Å². The lowest BCUT2D eigenvalue weighted by Gasteiger charge is -2.10. The second-order valence-corrected chi connectivity index (χ2v) is 5.25. The molecule has 0 atom stereocenters. The molecule has 0 aliphatic carbocycles. The predicted molar refractivity (Wildman–Crippen MR) is 97.7 cm³/mol. The van der Waals surface area contributed by atoms with Crippen LogP contribution in [0.1, 0.15) is 22.8 Å². The Balaban J connectivity index is 2.16. The third-order valence-corrected chi connectivity index (χ3v) is 3.65. The minimum atomic E-state index is -0.300. The Morgan fingerprint density at radius 2 is 1.58 bits per heavy atom. The molecule has 0 bridgehead atoms. The molecule has 6 heteroatoms. The van der Waals surface area contributed by atoms with Gasteiger partial charge in [-0.25, -0.2) is 0 Å². The van der Waals surface area contributed by atoms with Crippen LogP contribution in [-0.4, -0.2) is 5.91 Å². The van der Waals surface area contributed by atoms with Crippen LogP contribution in [0.25, 0.3) is 0 Å². The van der Waals surface area contributed by atoms with Gasteiger partial charge in [-0.2, -0.15) is 15.8 Å². The van der Waals surface area contributed by atoms with Crippen molar-refractivity contribution in [1.29, 1.82) is 15.8 Å². The van der Waals surface area contributed by atoms with Crippen molar-refractivity contribution in [3.8, 4) is 18.2 Å². The zero-order valence-corrected chi connectivity index (χ0v) is 14.1. The molecule has 0 saturated heterocycles. The minimum absolute atomic E-state index is 0.135. The Kier molecular flexibility index (Phi) is 6.10. The van der Waals surface area contributed by atoms with Gasteiger partial charge >= 0.3 is 0 Å². The van der Waals surface area contributed by atoms with Crippen molar-refractivity contribution in [3.05, 3.63) is 70.9 Å². The van der Waals surface area contributed by atoms with Crippen molar-refractivity contribution in [3.63, 3.8) is 0 Å². The van der Waals surface area contributed by atoms with Crippen molar-refractivity contribution in [2.24, 2.45) is 0 Å². The van der Waals surface area contributed by atoms with E-state index >= 15 is 0 Å². The van der Waals surface area contributed by atoms with Crippen LogP contribution in [0.3, 0.4) is 0 Å². The molecule has 26 heavy (non-hydrogen) atoms. The van der Waals surface area contributed by atoms with Crippen LogP contribution in [0, 0.1) is 34.0 Å². The Bertz CT molecular complexity index is 953. The molecule has 0 heterocycles. The largest absolute Gasteiger partial charge is 0.345 e. The number of anilines is 2. The Hall–Kier alpha value is -4.08. The summed E-state index contributed by atoms with van der Waals surface area (Å²) >= 11 is 0. The average molecular weight is 341 g/mol. The fraction of sp³-hybridized carbons (Fsp3) is 0.100. The zero-order chi connectivity index (χ0) is 18.9. The SMILES string of the molecule is CCc1ccccc1NC(=O)c1ccc(NC(C#N)=C(C#N)C#N)cc1. The number of nitriles is 3. The standard InChI is InChI=1S/C20H15N5O/c1-2-14-5-3-4-6-18(14)25-20(26)15-7-9-17(10-8-15)24-19(13-23)16(11-21)12-22/h3-10,24H,2H2,1H3,(H,25,26). The second-order valence-electron chi connectivity index (χ2n) is 5.25. The number of nitrogens with zero attached hydrogens (tertiary/aromatic N) is 3. The van der Waals surface area contributed by atoms with Crippen molar-refractivity contribution in [2.75, 3.05) is 10.6 Å². The number of nitrogens with one attached hydrogen (secondary N) is 2. The molecule has 0 aliphatic rings. The van der Waals surface area contributed by atoms with E-state index < -0.39 is 0 Å². The minimum Gasteiger partial charge on any atom is -0.345 e. The lowest BCUT2D eigenvalue weighted by atomic mass is 10.1. The van der Waals surface area contributed by atoms with Gasteiger partial charge in [-0.15, -0.1) is 0 Å². The van der Waals surface area contributed by atoms with E-state index in [1.807, 2.05) is 31.2 Å². The lowest BCUT2D eigenvalue weighted by Crippen LogP contribution is -2.13. The summed E-state index contributed by atoms with van der Waals surface area (Å²) in [4.78, 5) is 12.4. The van der Waals surface area contributed by atoms with Crippen molar-refractivity contribution >= 4 is 17.3 Å². The van der Waals surface area contributed by atoms with Gasteiger partial charge in [0, 0.05) is 16.9 Å². The van der Waals surface area contributed by atoms with E-state index in [0.29, 0.717) is 11.3 Å². The second kappa shape index (κ2) is 8.68. The molecule has 0 spiro atoms. The van der Waals surface area contributed by atoms with Crippen LogP contribution in [0.5, 0.6) is 0 Å². The average Bonchev–Trinajstić information content (AvgIpc) is 2.68. The number of amides is 1. The highest BCUT2D eigenvalue weighted by Crippen LogP contribution is 2.18. The first-order chi connectivity index (χ1) is 12.6. The highest BCUT2D eigenvalue weighted by atomic mass is 16.1. The third kappa shape index (κ3) is 4.26. The normalized spacial score (nSPS) is 9.15. The molecule has 0 saturated carbocycles. The van der Waals surface area contributed by atoms with Crippen molar-refractivity contribution in [2.45, 2.75) is 13.3 Å². The molecule has 2 rings (SSSR count). The molecule has 6 nitrogen and oxygen atoms in total. The van der Waals surface area contributed by atoms with Gasteiger partial charge in [0.15, 0.2) is 5.57 Å². The number of allylic oxidation sites excluding steroid dienone is 2. The number of hydrogen-bond donors (Lipinski definition) is 2. The quantitative estimate of drug-likeness (QED) is 0.804. The summed E-state index contributed by atoms with van der Waals surface area (Å²) < 4.78 is 0. The Morgan fingerprint density at radius 3 is 2.15 bits per heavy atom. The lowest BCUT2D eigenvalue weighted by molar-refractivity contribution is 0.102. The topological polar surface area (TPSA) is 112 Å². The van der Waals surface area contributed by atoms with E-state index in [1.54, 1.807) is 42.5 Å². The number of aryl methyl sites for hydroxylation is 1. The van der Waals surface area contributed by atoms with Gasteiger partial charge in [0.05, 0.1) is 0 Å². The molecule has 0 aromatic heterocycles. The molecule has 2 N–H and O–H groups in total. The van der Waals surface area contributed by atoms with Gasteiger partial charge in [0.1, 0.15) is 23.9 Å². The molecule has 0 unspecified atom stereocenters. The molecular weight excluding hydrogens is 326 g/mol. The number of carbonyl (C=O) groups excluding carboxylic acids is 1. The molecule has 0 fully saturated rings. The molecule has 2 aromatic carbocycles. The van der Waals surface area contributed by atoms with Gasteiger partial charge in [-0.1, -0.05) is 25.1 Å². The van der Waals surface area contributed by atoms with E-state index in [1.165, 1.54) is 0 Å². The summed E-state index contributed by atoms with van der Waals surface area (Å²) in [5.74, 6) is -0.247. The first-order valence-electron chi connectivity index (χ1n) is 7.83. The summed E-state index contributed by atoms with van der Waals surface area (Å²) in [5, 5.41) is 32.3. The fourth-order valence-electron chi connectivity index (χ4n) is 2.28. The van der Waals surface area contributed by atoms with E-state index in [4.69, 9.17) is 15.8 Å². The fourth-order valence-corrected chi connectivity index (χ4v) is 2.28. The molecular formula is C20H15N5O. The van der Waals surface area contributed by atoms with E-state index in [0.717, 1.165) is 17.7 Å². The van der Waals surface area contributed by atoms with E-state index in [2.05, 4.69) is 10.6 Å². The van der Waals surface area contributed by atoms with Crippen LogP contribution >= 0.6 is 0 Å². The summed E-state index contributed by atoms with van der Waals surface area (Å²) in [5.41, 5.74) is 2.32. The highest BCUT2D eigenvalue weighted by molar-refractivity contribution is 6.04. The molecule has 1 amide bonds. The van der Waals surface area contributed by atoms with Gasteiger partial charge in [0.2, 0.25) is 0 Å². The number of benzene rings is 2. The summed E-state index contributed by atoms with van der Waals surface area (Å²) in [6.45, 7) is 2.02. The van der Waals surface area contributed by atoms with E-state index in [9.17, 15) is 4.79 Å². The maximum atomic E-state index is 12.4. The van der Waals surface area contributed by atoms with E-state index in [-0.39, 0.29) is 17.2 Å². The monoisotopic (exact) mass is 341 g/mol. The highest BCUT2D eigenvalue weighted by Gasteiger charge is 2.10. The van der Waals surface area contributed by atoms with Crippen LogP contribution in [0.15, 0.2) is 59.8 Å². The van der Waals surface area contributed by atoms with Crippen LogP contribution < -0.4 is 10.6 Å². The summed E-state index contributed by atoms with van der Waals surface area (Å²) in [7, 11) is 0. The zero-order valence-electron chi connectivity index (χ0n) is 14.1. The smallest absolute Gasteiger partial charge is 0.255 e. The van der Waals surface area contributed by atoms with Crippen LogP contribution in [0.4, 0.5) is 11.4 Å². The third-order valence-electron chi connectivity index (χ3n) is 3.65. The van der Waals surface area contributed by atoms with Gasteiger partial charge in [0.25, 0.3) is 5.91 Å². The van der Waals surface area contributed by atoms with Crippen molar-refractivity contribution in [1.82, 2.24) is 0 Å². The predicted octanol–water partition coefficient (Wildman–Crippen LogP) is 3.74. The maximum absolute atomic E-state index is 12.4. The summed E-state index contributed by atoms with van der Waals surface area (Å²) in [6, 6.07) is 19.1. The van der Waals surface area contributed by atoms with Gasteiger partial charge in [-0.3, -0.25) is 4.79 Å². The number of para-hydroxylation sites is 1. The maximum Gasteiger partial charge on any atom is 0.255 e. The Labute approximate surface area is 151 Å².